The molecule has 0 bridgehead atoms. The quantitative estimate of drug-likeness (QED) is 0.188. The molecule has 0 radical (unpaired) electrons. The number of rotatable bonds is 6. The molecule has 0 aliphatic heterocycles. The second-order valence-electron chi connectivity index (χ2n) is 10.7. The molecule has 8 aromatic rings. The zero-order valence-corrected chi connectivity index (χ0v) is 24.1. The molecule has 0 aliphatic rings. The smallest absolute Gasteiger partial charge is 0.0645 e. The van der Waals surface area contributed by atoms with Crippen LogP contribution in [0.5, 0.6) is 0 Å². The summed E-state index contributed by atoms with van der Waals surface area (Å²) in [6.07, 6.45) is 0. The molecule has 0 saturated heterocycles. The molecule has 45 heavy (non-hydrogen) atoms. The van der Waals surface area contributed by atoms with Gasteiger partial charge in [0.15, 0.2) is 0 Å². The lowest BCUT2D eigenvalue weighted by Gasteiger charge is -2.27. The van der Waals surface area contributed by atoms with E-state index in [1.54, 1.807) is 4.90 Å². The van der Waals surface area contributed by atoms with Gasteiger partial charge in [-0.05, 0) is 97.3 Å². The van der Waals surface area contributed by atoms with Crippen molar-refractivity contribution >= 4 is 38.6 Å². The van der Waals surface area contributed by atoms with Crippen LogP contribution in [0.15, 0.2) is 188 Å². The lowest BCUT2D eigenvalue weighted by atomic mass is 9.97. The number of hydrogen-bond donors (Lipinski definition) is 0. The van der Waals surface area contributed by atoms with Gasteiger partial charge in [-0.3, -0.25) is 0 Å². The van der Waals surface area contributed by atoms with Gasteiger partial charge in [-0.2, -0.15) is 0 Å². The Kier molecular flexibility index (Phi) is 4.83. The molecule has 0 heterocycles. The topological polar surface area (TPSA) is 3.24 Å². The normalized spacial score (nSPS) is 13.9. The van der Waals surface area contributed by atoms with Gasteiger partial charge in [-0.25, -0.2) is 0 Å². The van der Waals surface area contributed by atoms with Crippen LogP contribution in [-0.4, -0.2) is 0 Å². The predicted molar refractivity (Wildman–Crippen MR) is 192 cm³/mol. The van der Waals surface area contributed by atoms with Crippen molar-refractivity contribution in [1.82, 2.24) is 0 Å². The van der Waals surface area contributed by atoms with E-state index in [2.05, 4.69) is 42.5 Å². The average Bonchev–Trinajstić information content (AvgIpc) is 3.21. The Balaban J connectivity index is 1.38. The highest BCUT2D eigenvalue weighted by atomic mass is 15.1. The molecular weight excluding hydrogens is 542 g/mol. The van der Waals surface area contributed by atoms with Crippen molar-refractivity contribution in [3.05, 3.63) is 188 Å². The molecule has 0 unspecified atom stereocenters. The molecule has 0 N–H and O–H groups in total. The number of anilines is 3. The molecule has 1 nitrogen and oxygen atoms in total. The summed E-state index contributed by atoms with van der Waals surface area (Å²) in [6, 6.07) is 38.9. The summed E-state index contributed by atoms with van der Waals surface area (Å²) in [5.41, 5.74) is 4.05. The van der Waals surface area contributed by atoms with Crippen molar-refractivity contribution in [2.45, 2.75) is 0 Å². The maximum absolute atomic E-state index is 9.39. The van der Waals surface area contributed by atoms with E-state index in [1.165, 1.54) is 0 Å². The van der Waals surface area contributed by atoms with Crippen LogP contribution in [0.2, 0.25) is 0 Å². The Hall–Kier alpha value is -5.92. The van der Waals surface area contributed by atoms with E-state index in [-0.39, 0.29) is 16.8 Å². The first-order valence-corrected chi connectivity index (χ1v) is 14.7. The number of fused-ring (bicyclic) bond motifs is 2. The maximum Gasteiger partial charge on any atom is 0.0645 e. The summed E-state index contributed by atoms with van der Waals surface area (Å²) in [5.74, 6) is 0. The summed E-state index contributed by atoms with van der Waals surface area (Å²) in [6.45, 7) is 0. The molecule has 8 rings (SSSR count). The van der Waals surface area contributed by atoms with E-state index in [4.69, 9.17) is 6.85 Å². The zero-order chi connectivity index (χ0) is 37.8. The minimum absolute atomic E-state index is 0.0492. The van der Waals surface area contributed by atoms with Crippen molar-refractivity contribution in [2.24, 2.45) is 0 Å². The third-order valence-corrected chi connectivity index (χ3v) is 7.98. The number of nitrogens with zero attached hydrogens (tertiary/aromatic N) is 1. The highest BCUT2D eigenvalue weighted by Crippen LogP contribution is 2.40. The average molecular weight is 583 g/mol. The summed E-state index contributed by atoms with van der Waals surface area (Å²) >= 11 is 0. The molecule has 0 saturated carbocycles. The molecule has 212 valence electrons. The molecule has 1 heteroatoms. The Labute approximate surface area is 276 Å². The Morgan fingerprint density at radius 1 is 0.356 bits per heavy atom. The van der Waals surface area contributed by atoms with Crippen molar-refractivity contribution < 1.29 is 12.3 Å². The van der Waals surface area contributed by atoms with Crippen LogP contribution in [0.4, 0.5) is 17.1 Å². The first-order chi connectivity index (χ1) is 26.0. The summed E-state index contributed by atoms with van der Waals surface area (Å²) in [7, 11) is 0. The fraction of sp³-hybridized carbons (Fsp3) is 0. The Bertz CT molecular complexity index is 2730. The lowest BCUT2D eigenvalue weighted by molar-refractivity contribution is 1.28. The maximum atomic E-state index is 9.39. The monoisotopic (exact) mass is 582 g/mol. The van der Waals surface area contributed by atoms with Gasteiger partial charge in [0, 0.05) is 17.1 Å². The standard InChI is InChI=1S/C44H31N/c1-2-11-32(12-3-1)34-25-27-40(28-26-34)45(41-19-8-17-37(30-41)38-24-23-33-13-4-5-15-36(33)29-38)42-20-9-18-39(31-42)44-22-10-16-35-14-6-7-21-43(35)44/h1-31H/i1D,2D,3D,11D,12D,25D,26D,27D,28D. The largest absolute Gasteiger partial charge is 0.310 e. The summed E-state index contributed by atoms with van der Waals surface area (Å²) in [5, 5.41) is 4.30. The molecule has 0 spiro atoms. The van der Waals surface area contributed by atoms with Crippen molar-refractivity contribution in [3.8, 4) is 33.4 Å². The molecule has 0 aromatic heterocycles. The highest BCUT2D eigenvalue weighted by Gasteiger charge is 2.15. The van der Waals surface area contributed by atoms with Gasteiger partial charge in [0.05, 0.1) is 12.3 Å². The Morgan fingerprint density at radius 2 is 0.956 bits per heavy atom. The van der Waals surface area contributed by atoms with Crippen LogP contribution in [0.25, 0.3) is 54.9 Å². The van der Waals surface area contributed by atoms with Crippen LogP contribution in [0.1, 0.15) is 12.3 Å². The van der Waals surface area contributed by atoms with Gasteiger partial charge in [0.25, 0.3) is 0 Å². The summed E-state index contributed by atoms with van der Waals surface area (Å²) in [4.78, 5) is 1.70. The molecule has 8 aromatic carbocycles. The molecule has 0 atom stereocenters. The molecule has 0 fully saturated rings. The minimum Gasteiger partial charge on any atom is -0.310 e. The predicted octanol–water partition coefficient (Wildman–Crippen LogP) is 12.5. The van der Waals surface area contributed by atoms with Crippen molar-refractivity contribution in [1.29, 1.82) is 0 Å². The first kappa shape index (κ1) is 18.7. The highest BCUT2D eigenvalue weighted by molar-refractivity contribution is 5.97. The minimum atomic E-state index is -0.621. The molecule has 0 amide bonds. The van der Waals surface area contributed by atoms with Crippen LogP contribution < -0.4 is 4.90 Å². The van der Waals surface area contributed by atoms with E-state index in [9.17, 15) is 5.48 Å². The number of hydrogen-bond acceptors (Lipinski definition) is 1. The van der Waals surface area contributed by atoms with E-state index < -0.39 is 54.4 Å². The van der Waals surface area contributed by atoms with Crippen LogP contribution >= 0.6 is 0 Å². The third kappa shape index (κ3) is 5.26. The second-order valence-corrected chi connectivity index (χ2v) is 10.7. The second kappa shape index (κ2) is 11.6. The van der Waals surface area contributed by atoms with E-state index >= 15 is 0 Å². The van der Waals surface area contributed by atoms with Crippen LogP contribution in [-0.2, 0) is 0 Å². The SMILES string of the molecule is [2H]c1c([2H])c([2H])c(-c2c([2H])c([2H])c(N(c3cccc(-c4ccc5ccccc5c4)c3)c3cccc(-c4cccc5ccccc45)c3)c([2H])c2[2H])c([2H])c1[2H]. The fourth-order valence-electron chi connectivity index (χ4n) is 5.81. The van der Waals surface area contributed by atoms with Gasteiger partial charge in [0.1, 0.15) is 0 Å². The summed E-state index contributed by atoms with van der Waals surface area (Å²) < 4.78 is 78.7. The van der Waals surface area contributed by atoms with E-state index in [0.29, 0.717) is 11.4 Å². The van der Waals surface area contributed by atoms with Crippen molar-refractivity contribution in [3.63, 3.8) is 0 Å². The van der Waals surface area contributed by atoms with E-state index in [1.807, 2.05) is 91.0 Å². The van der Waals surface area contributed by atoms with Gasteiger partial charge in [-0.1, -0.05) is 145 Å². The molecular formula is C44H31N. The Morgan fingerprint density at radius 3 is 1.76 bits per heavy atom. The zero-order valence-electron chi connectivity index (χ0n) is 33.1. The van der Waals surface area contributed by atoms with Gasteiger partial charge in [0.2, 0.25) is 0 Å². The van der Waals surface area contributed by atoms with Gasteiger partial charge < -0.3 is 4.90 Å². The van der Waals surface area contributed by atoms with E-state index in [0.717, 1.165) is 43.8 Å². The fourth-order valence-corrected chi connectivity index (χ4v) is 5.81. The lowest BCUT2D eigenvalue weighted by Crippen LogP contribution is -2.10. The number of benzene rings is 8. The van der Waals surface area contributed by atoms with Gasteiger partial charge >= 0.3 is 0 Å². The first-order valence-electron chi connectivity index (χ1n) is 19.2. The molecule has 0 aliphatic carbocycles. The van der Waals surface area contributed by atoms with Crippen LogP contribution in [0.3, 0.4) is 0 Å². The van der Waals surface area contributed by atoms with Gasteiger partial charge in [-0.15, -0.1) is 0 Å². The van der Waals surface area contributed by atoms with Crippen LogP contribution in [0, 0.1) is 0 Å². The third-order valence-electron chi connectivity index (χ3n) is 7.98. The van der Waals surface area contributed by atoms with Crippen molar-refractivity contribution in [2.75, 3.05) is 4.90 Å².